The molecule has 2 aliphatic heterocycles. The molecule has 0 radical (unpaired) electrons. The number of carbonyl (C=O) groups is 1. The summed E-state index contributed by atoms with van der Waals surface area (Å²) in [5.41, 5.74) is 0. The highest BCUT2D eigenvalue weighted by atomic mass is 16.2. The van der Waals surface area contributed by atoms with Gasteiger partial charge in [-0.25, -0.2) is 0 Å². The van der Waals surface area contributed by atoms with E-state index in [0.717, 1.165) is 32.4 Å². The summed E-state index contributed by atoms with van der Waals surface area (Å²) in [7, 11) is 0. The summed E-state index contributed by atoms with van der Waals surface area (Å²) < 4.78 is 0. The molecule has 0 saturated carbocycles. The molecule has 2 rings (SSSR count). The average molecular weight is 196 g/mol. The standard InChI is InChI=1S/C11H20N2O/c1-2-3-11(14)13-7-6-9-4-5-10(8-13)12-9/h9-10,12H,2-8H2,1H3. The fourth-order valence-corrected chi connectivity index (χ4v) is 2.54. The molecule has 0 aromatic carbocycles. The van der Waals surface area contributed by atoms with E-state index in [9.17, 15) is 4.79 Å². The maximum atomic E-state index is 11.7. The van der Waals surface area contributed by atoms with Gasteiger partial charge in [-0.15, -0.1) is 0 Å². The molecule has 0 aliphatic carbocycles. The van der Waals surface area contributed by atoms with Crippen molar-refractivity contribution < 1.29 is 4.79 Å². The number of likely N-dealkylation sites (tertiary alicyclic amines) is 1. The number of nitrogens with zero attached hydrogens (tertiary/aromatic N) is 1. The summed E-state index contributed by atoms with van der Waals surface area (Å²) in [4.78, 5) is 13.8. The molecule has 0 aromatic rings. The lowest BCUT2D eigenvalue weighted by Crippen LogP contribution is -2.38. The normalized spacial score (nSPS) is 31.6. The van der Waals surface area contributed by atoms with Crippen LogP contribution in [0, 0.1) is 0 Å². The Bertz CT molecular complexity index is 217. The highest BCUT2D eigenvalue weighted by Gasteiger charge is 2.30. The van der Waals surface area contributed by atoms with Gasteiger partial charge < -0.3 is 10.2 Å². The fourth-order valence-electron chi connectivity index (χ4n) is 2.54. The van der Waals surface area contributed by atoms with E-state index in [4.69, 9.17) is 0 Å². The first-order valence-corrected chi connectivity index (χ1v) is 5.83. The van der Waals surface area contributed by atoms with Crippen LogP contribution in [-0.2, 0) is 4.79 Å². The SMILES string of the molecule is CCCC(=O)N1CCC2CCC(C1)N2. The Morgan fingerprint density at radius 2 is 2.14 bits per heavy atom. The molecule has 2 saturated heterocycles. The Labute approximate surface area is 85.8 Å². The van der Waals surface area contributed by atoms with Gasteiger partial charge in [-0.05, 0) is 25.7 Å². The second kappa shape index (κ2) is 4.30. The van der Waals surface area contributed by atoms with Crippen LogP contribution in [0.2, 0.25) is 0 Å². The third kappa shape index (κ3) is 2.08. The topological polar surface area (TPSA) is 32.3 Å². The molecule has 14 heavy (non-hydrogen) atoms. The van der Waals surface area contributed by atoms with Crippen LogP contribution >= 0.6 is 0 Å². The van der Waals surface area contributed by atoms with Crippen molar-refractivity contribution in [2.45, 2.75) is 51.1 Å². The van der Waals surface area contributed by atoms with Crippen molar-refractivity contribution in [3.8, 4) is 0 Å². The third-order valence-electron chi connectivity index (χ3n) is 3.34. The Balaban J connectivity index is 1.91. The Hall–Kier alpha value is -0.570. The van der Waals surface area contributed by atoms with E-state index >= 15 is 0 Å². The van der Waals surface area contributed by atoms with Crippen LogP contribution in [0.25, 0.3) is 0 Å². The van der Waals surface area contributed by atoms with Gasteiger partial charge in [0.2, 0.25) is 5.91 Å². The molecular formula is C11H20N2O. The van der Waals surface area contributed by atoms with E-state index in [0.29, 0.717) is 18.0 Å². The van der Waals surface area contributed by atoms with Crippen LogP contribution in [0.3, 0.4) is 0 Å². The maximum Gasteiger partial charge on any atom is 0.222 e. The van der Waals surface area contributed by atoms with E-state index in [2.05, 4.69) is 17.1 Å². The van der Waals surface area contributed by atoms with E-state index in [-0.39, 0.29) is 0 Å². The minimum absolute atomic E-state index is 0.349. The van der Waals surface area contributed by atoms with Gasteiger partial charge in [-0.1, -0.05) is 6.92 Å². The highest BCUT2D eigenvalue weighted by Crippen LogP contribution is 2.20. The Kier molecular flexibility index (Phi) is 3.06. The van der Waals surface area contributed by atoms with Gasteiger partial charge in [0, 0.05) is 31.6 Å². The molecule has 2 bridgehead atoms. The van der Waals surface area contributed by atoms with E-state index in [1.165, 1.54) is 12.8 Å². The third-order valence-corrected chi connectivity index (χ3v) is 3.34. The smallest absolute Gasteiger partial charge is 0.222 e. The molecule has 2 heterocycles. The molecule has 80 valence electrons. The summed E-state index contributed by atoms with van der Waals surface area (Å²) in [6.45, 7) is 3.97. The minimum atomic E-state index is 0.349. The average Bonchev–Trinajstić information content (AvgIpc) is 2.46. The van der Waals surface area contributed by atoms with Crippen molar-refractivity contribution in [1.82, 2.24) is 10.2 Å². The molecule has 2 aliphatic rings. The van der Waals surface area contributed by atoms with Gasteiger partial charge >= 0.3 is 0 Å². The summed E-state index contributed by atoms with van der Waals surface area (Å²) >= 11 is 0. The molecule has 0 aromatic heterocycles. The lowest BCUT2D eigenvalue weighted by atomic mass is 10.1. The van der Waals surface area contributed by atoms with Gasteiger partial charge in [0.25, 0.3) is 0 Å². The van der Waals surface area contributed by atoms with Crippen LogP contribution in [-0.4, -0.2) is 36.0 Å². The van der Waals surface area contributed by atoms with Gasteiger partial charge in [0.1, 0.15) is 0 Å². The van der Waals surface area contributed by atoms with Gasteiger partial charge in [-0.3, -0.25) is 4.79 Å². The fraction of sp³-hybridized carbons (Fsp3) is 0.909. The summed E-state index contributed by atoms with van der Waals surface area (Å²) in [6, 6.07) is 1.25. The van der Waals surface area contributed by atoms with Crippen LogP contribution in [0.5, 0.6) is 0 Å². The summed E-state index contributed by atoms with van der Waals surface area (Å²) in [5.74, 6) is 0.349. The van der Waals surface area contributed by atoms with Crippen LogP contribution in [0.4, 0.5) is 0 Å². The van der Waals surface area contributed by atoms with Crippen molar-refractivity contribution >= 4 is 5.91 Å². The molecule has 3 heteroatoms. The first kappa shape index (κ1) is 9.97. The van der Waals surface area contributed by atoms with Crippen molar-refractivity contribution in [2.24, 2.45) is 0 Å². The molecule has 3 nitrogen and oxygen atoms in total. The molecule has 1 N–H and O–H groups in total. The second-order valence-corrected chi connectivity index (χ2v) is 4.52. The number of fused-ring (bicyclic) bond motifs is 2. The molecule has 2 fully saturated rings. The number of hydrogen-bond donors (Lipinski definition) is 1. The first-order chi connectivity index (χ1) is 6.79. The highest BCUT2D eigenvalue weighted by molar-refractivity contribution is 5.76. The summed E-state index contributed by atoms with van der Waals surface area (Å²) in [6.07, 6.45) is 5.39. The zero-order valence-corrected chi connectivity index (χ0v) is 8.96. The molecule has 2 unspecified atom stereocenters. The van der Waals surface area contributed by atoms with E-state index in [1.807, 2.05) is 0 Å². The zero-order chi connectivity index (χ0) is 9.97. The van der Waals surface area contributed by atoms with Crippen LogP contribution in [0.1, 0.15) is 39.0 Å². The van der Waals surface area contributed by atoms with Crippen molar-refractivity contribution in [2.75, 3.05) is 13.1 Å². The number of hydrogen-bond acceptors (Lipinski definition) is 2. The number of nitrogens with one attached hydrogen (secondary N) is 1. The Morgan fingerprint density at radius 1 is 1.36 bits per heavy atom. The lowest BCUT2D eigenvalue weighted by molar-refractivity contribution is -0.131. The molecule has 1 amide bonds. The largest absolute Gasteiger partial charge is 0.341 e. The minimum Gasteiger partial charge on any atom is -0.341 e. The van der Waals surface area contributed by atoms with Gasteiger partial charge in [0.15, 0.2) is 0 Å². The Morgan fingerprint density at radius 3 is 2.93 bits per heavy atom. The molecule has 2 atom stereocenters. The summed E-state index contributed by atoms with van der Waals surface area (Å²) in [5, 5.41) is 3.59. The number of rotatable bonds is 2. The van der Waals surface area contributed by atoms with Crippen LogP contribution in [0.15, 0.2) is 0 Å². The lowest BCUT2D eigenvalue weighted by Gasteiger charge is -2.24. The van der Waals surface area contributed by atoms with Crippen molar-refractivity contribution in [1.29, 1.82) is 0 Å². The maximum absolute atomic E-state index is 11.7. The number of carbonyl (C=O) groups excluding carboxylic acids is 1. The van der Waals surface area contributed by atoms with Gasteiger partial charge in [-0.2, -0.15) is 0 Å². The predicted octanol–water partition coefficient (Wildman–Crippen LogP) is 1.14. The molecule has 0 spiro atoms. The number of amides is 1. The van der Waals surface area contributed by atoms with Crippen molar-refractivity contribution in [3.05, 3.63) is 0 Å². The van der Waals surface area contributed by atoms with E-state index < -0.39 is 0 Å². The first-order valence-electron chi connectivity index (χ1n) is 5.83. The quantitative estimate of drug-likeness (QED) is 0.718. The second-order valence-electron chi connectivity index (χ2n) is 4.52. The van der Waals surface area contributed by atoms with Gasteiger partial charge in [0.05, 0.1) is 0 Å². The van der Waals surface area contributed by atoms with Crippen LogP contribution < -0.4 is 5.32 Å². The van der Waals surface area contributed by atoms with Crippen molar-refractivity contribution in [3.63, 3.8) is 0 Å². The van der Waals surface area contributed by atoms with E-state index in [1.54, 1.807) is 0 Å². The predicted molar refractivity (Wildman–Crippen MR) is 56.1 cm³/mol. The monoisotopic (exact) mass is 196 g/mol. The zero-order valence-electron chi connectivity index (χ0n) is 8.96. The molecular weight excluding hydrogens is 176 g/mol.